The predicted molar refractivity (Wildman–Crippen MR) is 107 cm³/mol. The maximum atomic E-state index is 11.9. The molecule has 0 bridgehead atoms. The number of nitrogens with zero attached hydrogens (tertiary/aromatic N) is 1. The SMILES string of the molecule is O=C(COc1ccc(Br)cc1/C=C1\SC(=S)NC1=O)Nc1nccs1. The van der Waals surface area contributed by atoms with Crippen LogP contribution in [0.4, 0.5) is 5.13 Å². The van der Waals surface area contributed by atoms with Crippen LogP contribution in [0.25, 0.3) is 6.08 Å². The topological polar surface area (TPSA) is 80.3 Å². The summed E-state index contributed by atoms with van der Waals surface area (Å²) in [5.41, 5.74) is 0.666. The number of carbonyl (C=O) groups is 2. The van der Waals surface area contributed by atoms with Gasteiger partial charge in [0.15, 0.2) is 11.7 Å². The van der Waals surface area contributed by atoms with Gasteiger partial charge in [0.1, 0.15) is 10.1 Å². The van der Waals surface area contributed by atoms with Crippen LogP contribution in [0.1, 0.15) is 5.56 Å². The summed E-state index contributed by atoms with van der Waals surface area (Å²) >= 11 is 10.9. The van der Waals surface area contributed by atoms with Crippen molar-refractivity contribution in [2.75, 3.05) is 11.9 Å². The summed E-state index contributed by atoms with van der Waals surface area (Å²) in [5.74, 6) is -0.0794. The molecule has 25 heavy (non-hydrogen) atoms. The summed E-state index contributed by atoms with van der Waals surface area (Å²) in [5, 5.41) is 7.48. The number of rotatable bonds is 5. The molecule has 128 valence electrons. The van der Waals surface area contributed by atoms with E-state index in [4.69, 9.17) is 17.0 Å². The van der Waals surface area contributed by atoms with Crippen LogP contribution in [0.3, 0.4) is 0 Å². The monoisotopic (exact) mass is 455 g/mol. The third-order valence-electron chi connectivity index (χ3n) is 2.94. The Balaban J connectivity index is 1.73. The molecule has 2 amide bonds. The van der Waals surface area contributed by atoms with Crippen molar-refractivity contribution in [2.45, 2.75) is 0 Å². The Bertz CT molecular complexity index is 868. The molecule has 0 radical (unpaired) electrons. The summed E-state index contributed by atoms with van der Waals surface area (Å²) in [6, 6.07) is 5.32. The second-order valence-corrected chi connectivity index (χ2v) is 8.24. The second-order valence-electron chi connectivity index (χ2n) is 4.71. The number of ether oxygens (including phenoxy) is 1. The molecular weight excluding hydrogens is 446 g/mol. The first kappa shape index (κ1) is 18.1. The first-order valence-corrected chi connectivity index (χ1v) is 9.77. The molecular formula is C15H10BrN3O3S3. The number of amides is 2. The molecule has 2 N–H and O–H groups in total. The molecule has 3 rings (SSSR count). The van der Waals surface area contributed by atoms with E-state index in [-0.39, 0.29) is 18.4 Å². The van der Waals surface area contributed by atoms with Gasteiger partial charge in [-0.2, -0.15) is 0 Å². The number of thiazole rings is 1. The lowest BCUT2D eigenvalue weighted by Crippen LogP contribution is -2.20. The Morgan fingerprint density at radius 1 is 1.48 bits per heavy atom. The molecule has 6 nitrogen and oxygen atoms in total. The summed E-state index contributed by atoms with van der Waals surface area (Å²) in [7, 11) is 0. The molecule has 1 aromatic carbocycles. The van der Waals surface area contributed by atoms with Gasteiger partial charge in [0.2, 0.25) is 0 Å². The summed E-state index contributed by atoms with van der Waals surface area (Å²) in [6.45, 7) is -0.171. The first-order valence-electron chi connectivity index (χ1n) is 6.88. The van der Waals surface area contributed by atoms with Crippen LogP contribution in [0.5, 0.6) is 5.75 Å². The molecule has 1 saturated heterocycles. The summed E-state index contributed by atoms with van der Waals surface area (Å²) < 4.78 is 6.84. The lowest BCUT2D eigenvalue weighted by atomic mass is 10.2. The van der Waals surface area contributed by atoms with Crippen molar-refractivity contribution in [1.82, 2.24) is 10.3 Å². The van der Waals surface area contributed by atoms with E-state index in [0.29, 0.717) is 25.7 Å². The van der Waals surface area contributed by atoms with Crippen LogP contribution in [0, 0.1) is 0 Å². The average Bonchev–Trinajstić information content (AvgIpc) is 3.16. The number of halogens is 1. The molecule has 0 aliphatic carbocycles. The quantitative estimate of drug-likeness (QED) is 0.530. The Kier molecular flexibility index (Phi) is 5.84. The standard InChI is InChI=1S/C15H10BrN3O3S3/c16-9-1-2-10(22-7-12(20)18-14-17-3-4-24-14)8(5-9)6-11-13(21)19-15(23)25-11/h1-6H,7H2,(H,17,18,20)(H,19,21,23)/b11-6-. The Morgan fingerprint density at radius 3 is 3.00 bits per heavy atom. The molecule has 0 atom stereocenters. The van der Waals surface area contributed by atoms with Gasteiger partial charge in [0, 0.05) is 21.6 Å². The number of benzene rings is 1. The Labute approximate surface area is 165 Å². The highest BCUT2D eigenvalue weighted by molar-refractivity contribution is 9.10. The van der Waals surface area contributed by atoms with E-state index >= 15 is 0 Å². The van der Waals surface area contributed by atoms with E-state index in [2.05, 4.69) is 31.5 Å². The van der Waals surface area contributed by atoms with E-state index in [1.54, 1.807) is 35.9 Å². The van der Waals surface area contributed by atoms with E-state index < -0.39 is 0 Å². The number of nitrogens with one attached hydrogen (secondary N) is 2. The van der Waals surface area contributed by atoms with Crippen LogP contribution in [-0.2, 0) is 9.59 Å². The molecule has 10 heteroatoms. The average molecular weight is 456 g/mol. The molecule has 1 aliphatic heterocycles. The van der Waals surface area contributed by atoms with Crippen molar-refractivity contribution in [1.29, 1.82) is 0 Å². The highest BCUT2D eigenvalue weighted by atomic mass is 79.9. The molecule has 1 fully saturated rings. The minimum absolute atomic E-state index is 0.171. The van der Waals surface area contributed by atoms with E-state index in [0.717, 1.165) is 4.47 Å². The fourth-order valence-electron chi connectivity index (χ4n) is 1.91. The first-order chi connectivity index (χ1) is 12.0. The van der Waals surface area contributed by atoms with Gasteiger partial charge in [0.05, 0.1) is 4.91 Å². The smallest absolute Gasteiger partial charge is 0.264 e. The molecule has 0 saturated carbocycles. The lowest BCUT2D eigenvalue weighted by molar-refractivity contribution is -0.118. The van der Waals surface area contributed by atoms with Crippen molar-refractivity contribution in [3.05, 3.63) is 44.7 Å². The van der Waals surface area contributed by atoms with Crippen LogP contribution in [0.15, 0.2) is 39.2 Å². The van der Waals surface area contributed by atoms with E-state index in [1.807, 2.05) is 0 Å². The fraction of sp³-hybridized carbons (Fsp3) is 0.0667. The summed E-state index contributed by atoms with van der Waals surface area (Å²) in [6.07, 6.45) is 3.28. The third kappa shape index (κ3) is 4.88. The number of anilines is 1. The number of thioether (sulfide) groups is 1. The van der Waals surface area contributed by atoms with Gasteiger partial charge in [-0.05, 0) is 24.3 Å². The van der Waals surface area contributed by atoms with Gasteiger partial charge in [-0.15, -0.1) is 11.3 Å². The maximum absolute atomic E-state index is 11.9. The van der Waals surface area contributed by atoms with Crippen molar-refractivity contribution >= 4 is 78.6 Å². The van der Waals surface area contributed by atoms with Gasteiger partial charge in [-0.1, -0.05) is 39.9 Å². The zero-order chi connectivity index (χ0) is 17.8. The Hall–Kier alpha value is -1.75. The molecule has 1 aliphatic rings. The van der Waals surface area contributed by atoms with Crippen molar-refractivity contribution in [3.8, 4) is 5.75 Å². The Morgan fingerprint density at radius 2 is 2.32 bits per heavy atom. The van der Waals surface area contributed by atoms with Crippen molar-refractivity contribution in [2.24, 2.45) is 0 Å². The molecule has 2 aromatic rings. The minimum atomic E-state index is -0.314. The lowest BCUT2D eigenvalue weighted by Gasteiger charge is -2.10. The number of hydrogen-bond donors (Lipinski definition) is 2. The minimum Gasteiger partial charge on any atom is -0.483 e. The normalized spacial score (nSPS) is 15.3. The molecule has 2 heterocycles. The zero-order valence-corrected chi connectivity index (χ0v) is 16.5. The van der Waals surface area contributed by atoms with E-state index in [9.17, 15) is 9.59 Å². The van der Waals surface area contributed by atoms with Gasteiger partial charge >= 0.3 is 0 Å². The largest absolute Gasteiger partial charge is 0.483 e. The second kappa shape index (κ2) is 8.09. The molecule has 0 spiro atoms. The van der Waals surface area contributed by atoms with Gasteiger partial charge < -0.3 is 10.1 Å². The van der Waals surface area contributed by atoms with Crippen LogP contribution in [0.2, 0.25) is 0 Å². The van der Waals surface area contributed by atoms with Gasteiger partial charge in [-0.25, -0.2) is 4.98 Å². The fourth-order valence-corrected chi connectivity index (χ4v) is 3.87. The molecule has 0 unspecified atom stereocenters. The van der Waals surface area contributed by atoms with Crippen LogP contribution >= 0.6 is 51.2 Å². The van der Waals surface area contributed by atoms with Crippen LogP contribution in [-0.4, -0.2) is 27.7 Å². The number of thiocarbonyl (C=S) groups is 1. The van der Waals surface area contributed by atoms with Gasteiger partial charge in [-0.3, -0.25) is 14.9 Å². The van der Waals surface area contributed by atoms with Crippen LogP contribution < -0.4 is 15.4 Å². The number of aromatic nitrogens is 1. The summed E-state index contributed by atoms with van der Waals surface area (Å²) in [4.78, 5) is 28.2. The third-order valence-corrected chi connectivity index (χ3v) is 5.28. The zero-order valence-electron chi connectivity index (χ0n) is 12.4. The predicted octanol–water partition coefficient (Wildman–Crippen LogP) is 3.41. The highest BCUT2D eigenvalue weighted by Crippen LogP contribution is 2.31. The maximum Gasteiger partial charge on any atom is 0.264 e. The van der Waals surface area contributed by atoms with Crippen molar-refractivity contribution in [3.63, 3.8) is 0 Å². The van der Waals surface area contributed by atoms with Crippen molar-refractivity contribution < 1.29 is 14.3 Å². The number of hydrogen-bond acceptors (Lipinski definition) is 7. The van der Waals surface area contributed by atoms with Gasteiger partial charge in [0.25, 0.3) is 11.8 Å². The molecule has 1 aromatic heterocycles. The highest BCUT2D eigenvalue weighted by Gasteiger charge is 2.22. The van der Waals surface area contributed by atoms with E-state index in [1.165, 1.54) is 23.1 Å². The number of carbonyl (C=O) groups excluding carboxylic acids is 2.